The lowest BCUT2D eigenvalue weighted by Crippen LogP contribution is -2.25. The van der Waals surface area contributed by atoms with Crippen molar-refractivity contribution < 1.29 is 22.0 Å². The Morgan fingerprint density at radius 1 is 0.900 bits per heavy atom. The standard InChI is InChI=1S/C25H33F5/c26-16-2-1-3-18-6-11-21(12-7-18)22-13-8-19(9-14-22)4-5-20-10-15-23(24(27)17-20)25(28,29)30/h1,3,10,15,17-19,21-22H,2,4-9,11-14,16H2/t18-,19-,21-,22-. The molecular formula is C25H33F5. The van der Waals surface area contributed by atoms with Gasteiger partial charge in [0.1, 0.15) is 5.82 Å². The van der Waals surface area contributed by atoms with E-state index in [0.717, 1.165) is 30.4 Å². The third kappa shape index (κ3) is 6.55. The normalized spacial score (nSPS) is 28.2. The molecule has 0 unspecified atom stereocenters. The van der Waals surface area contributed by atoms with Crippen LogP contribution in [0.1, 0.15) is 75.3 Å². The van der Waals surface area contributed by atoms with E-state index < -0.39 is 17.6 Å². The summed E-state index contributed by atoms with van der Waals surface area (Å²) in [5.74, 6) is 1.64. The molecule has 5 heteroatoms. The van der Waals surface area contributed by atoms with Crippen molar-refractivity contribution in [3.63, 3.8) is 0 Å². The maximum absolute atomic E-state index is 13.7. The molecule has 2 aliphatic carbocycles. The first-order valence-corrected chi connectivity index (χ1v) is 11.4. The summed E-state index contributed by atoms with van der Waals surface area (Å²) in [6, 6.07) is 3.33. The molecule has 0 atom stereocenters. The fraction of sp³-hybridized carbons (Fsp3) is 0.680. The Morgan fingerprint density at radius 2 is 1.53 bits per heavy atom. The van der Waals surface area contributed by atoms with Crippen LogP contribution in [0.2, 0.25) is 0 Å². The maximum Gasteiger partial charge on any atom is 0.419 e. The van der Waals surface area contributed by atoms with Gasteiger partial charge in [-0.05, 0) is 99.2 Å². The summed E-state index contributed by atoms with van der Waals surface area (Å²) in [6.45, 7) is -0.275. The van der Waals surface area contributed by atoms with E-state index in [1.54, 1.807) is 0 Å². The second-order valence-electron chi connectivity index (χ2n) is 9.21. The van der Waals surface area contributed by atoms with Gasteiger partial charge in [0.2, 0.25) is 0 Å². The van der Waals surface area contributed by atoms with Gasteiger partial charge in [0.05, 0.1) is 12.2 Å². The molecule has 0 aliphatic heterocycles. The average molecular weight is 429 g/mol. The summed E-state index contributed by atoms with van der Waals surface area (Å²) in [5, 5.41) is 0. The molecule has 0 heterocycles. The van der Waals surface area contributed by atoms with Gasteiger partial charge in [-0.15, -0.1) is 0 Å². The van der Waals surface area contributed by atoms with E-state index in [-0.39, 0.29) is 6.67 Å². The molecule has 0 amide bonds. The first-order valence-electron chi connectivity index (χ1n) is 11.4. The zero-order chi connectivity index (χ0) is 21.6. The van der Waals surface area contributed by atoms with Crippen molar-refractivity contribution in [3.05, 3.63) is 47.3 Å². The second kappa shape index (κ2) is 10.8. The summed E-state index contributed by atoms with van der Waals surface area (Å²) in [5.41, 5.74) is -0.527. The summed E-state index contributed by atoms with van der Waals surface area (Å²) >= 11 is 0. The van der Waals surface area contributed by atoms with Gasteiger partial charge in [0.25, 0.3) is 0 Å². The molecule has 30 heavy (non-hydrogen) atoms. The van der Waals surface area contributed by atoms with Crippen LogP contribution in [0.3, 0.4) is 0 Å². The minimum Gasteiger partial charge on any atom is -0.251 e. The van der Waals surface area contributed by atoms with E-state index in [0.29, 0.717) is 30.2 Å². The van der Waals surface area contributed by atoms with Crippen molar-refractivity contribution in [2.24, 2.45) is 23.7 Å². The molecule has 2 saturated carbocycles. The number of allylic oxidation sites excluding steroid dienone is 2. The van der Waals surface area contributed by atoms with E-state index >= 15 is 0 Å². The molecule has 3 rings (SSSR count). The topological polar surface area (TPSA) is 0 Å². The van der Waals surface area contributed by atoms with Crippen LogP contribution in [0.5, 0.6) is 0 Å². The van der Waals surface area contributed by atoms with Gasteiger partial charge in [-0.3, -0.25) is 4.39 Å². The van der Waals surface area contributed by atoms with Crippen LogP contribution >= 0.6 is 0 Å². The van der Waals surface area contributed by atoms with Crippen molar-refractivity contribution in [2.45, 2.75) is 76.8 Å². The summed E-state index contributed by atoms with van der Waals surface area (Å²) < 4.78 is 64.0. The van der Waals surface area contributed by atoms with E-state index in [1.807, 2.05) is 6.08 Å². The Hall–Kier alpha value is -1.39. The Bertz CT molecular complexity index is 677. The third-order valence-electron chi connectivity index (χ3n) is 7.24. The minimum atomic E-state index is -4.63. The highest BCUT2D eigenvalue weighted by Crippen LogP contribution is 2.42. The highest BCUT2D eigenvalue weighted by molar-refractivity contribution is 5.26. The smallest absolute Gasteiger partial charge is 0.251 e. The zero-order valence-electron chi connectivity index (χ0n) is 17.6. The Morgan fingerprint density at radius 3 is 2.10 bits per heavy atom. The van der Waals surface area contributed by atoms with Gasteiger partial charge in [-0.2, -0.15) is 13.2 Å². The van der Waals surface area contributed by atoms with Gasteiger partial charge < -0.3 is 0 Å². The monoisotopic (exact) mass is 428 g/mol. The third-order valence-corrected chi connectivity index (χ3v) is 7.24. The molecule has 0 N–H and O–H groups in total. The average Bonchev–Trinajstić information content (AvgIpc) is 2.72. The quantitative estimate of drug-likeness (QED) is 0.303. The molecule has 0 saturated heterocycles. The number of aryl methyl sites for hydroxylation is 1. The first kappa shape index (κ1) is 23.3. The molecule has 1 aromatic carbocycles. The fourth-order valence-corrected chi connectivity index (χ4v) is 5.42. The van der Waals surface area contributed by atoms with Gasteiger partial charge in [-0.1, -0.05) is 31.1 Å². The molecule has 0 nitrogen and oxygen atoms in total. The molecule has 168 valence electrons. The summed E-state index contributed by atoms with van der Waals surface area (Å²) in [6.07, 6.45) is 11.4. The first-order chi connectivity index (χ1) is 14.4. The molecule has 0 aromatic heterocycles. The van der Waals surface area contributed by atoms with Crippen LogP contribution in [-0.4, -0.2) is 6.67 Å². The Kier molecular flexibility index (Phi) is 8.35. The SMILES string of the molecule is FCCC=C[C@H]1CC[C@H]([C@H]2CC[C@H](CCc3ccc(C(F)(F)F)c(F)c3)CC2)CC1. The Balaban J connectivity index is 1.39. The van der Waals surface area contributed by atoms with Crippen LogP contribution in [0.25, 0.3) is 0 Å². The maximum atomic E-state index is 13.7. The van der Waals surface area contributed by atoms with Crippen molar-refractivity contribution in [3.8, 4) is 0 Å². The van der Waals surface area contributed by atoms with Gasteiger partial charge in [0.15, 0.2) is 0 Å². The molecule has 0 radical (unpaired) electrons. The number of alkyl halides is 4. The number of halogens is 5. The molecule has 0 spiro atoms. The van der Waals surface area contributed by atoms with E-state index in [1.165, 1.54) is 57.4 Å². The molecule has 2 aliphatic rings. The summed E-state index contributed by atoms with van der Waals surface area (Å²) in [7, 11) is 0. The van der Waals surface area contributed by atoms with Crippen molar-refractivity contribution in [1.82, 2.24) is 0 Å². The van der Waals surface area contributed by atoms with E-state index in [9.17, 15) is 22.0 Å². The van der Waals surface area contributed by atoms with Crippen LogP contribution in [0.4, 0.5) is 22.0 Å². The van der Waals surface area contributed by atoms with Gasteiger partial charge in [0, 0.05) is 0 Å². The van der Waals surface area contributed by atoms with Crippen molar-refractivity contribution in [2.75, 3.05) is 6.67 Å². The van der Waals surface area contributed by atoms with E-state index in [4.69, 9.17) is 0 Å². The predicted octanol–water partition coefficient (Wildman–Crippen LogP) is 8.31. The number of hydrogen-bond donors (Lipinski definition) is 0. The summed E-state index contributed by atoms with van der Waals surface area (Å²) in [4.78, 5) is 0. The molecular weight excluding hydrogens is 395 g/mol. The van der Waals surface area contributed by atoms with Gasteiger partial charge in [-0.25, -0.2) is 4.39 Å². The fourth-order valence-electron chi connectivity index (χ4n) is 5.42. The largest absolute Gasteiger partial charge is 0.419 e. The predicted molar refractivity (Wildman–Crippen MR) is 110 cm³/mol. The minimum absolute atomic E-state index is 0.275. The Labute approximate surface area is 176 Å². The highest BCUT2D eigenvalue weighted by Gasteiger charge is 2.34. The number of rotatable bonds is 7. The molecule has 1 aromatic rings. The van der Waals surface area contributed by atoms with Crippen molar-refractivity contribution in [1.29, 1.82) is 0 Å². The molecule has 0 bridgehead atoms. The highest BCUT2D eigenvalue weighted by atomic mass is 19.4. The van der Waals surface area contributed by atoms with Crippen LogP contribution in [0, 0.1) is 29.5 Å². The zero-order valence-corrected chi connectivity index (χ0v) is 17.6. The lowest BCUT2D eigenvalue weighted by Gasteiger charge is -2.37. The van der Waals surface area contributed by atoms with E-state index in [2.05, 4.69) is 6.08 Å². The van der Waals surface area contributed by atoms with Crippen molar-refractivity contribution >= 4 is 0 Å². The lowest BCUT2D eigenvalue weighted by molar-refractivity contribution is -0.140. The second-order valence-corrected chi connectivity index (χ2v) is 9.21. The van der Waals surface area contributed by atoms with Gasteiger partial charge >= 0.3 is 6.18 Å². The van der Waals surface area contributed by atoms with Crippen LogP contribution < -0.4 is 0 Å². The number of hydrogen-bond acceptors (Lipinski definition) is 0. The van der Waals surface area contributed by atoms with Crippen LogP contribution in [-0.2, 0) is 12.6 Å². The number of benzene rings is 1. The lowest BCUT2D eigenvalue weighted by atomic mass is 9.68. The van der Waals surface area contributed by atoms with Crippen LogP contribution in [0.15, 0.2) is 30.4 Å². The molecule has 2 fully saturated rings.